The van der Waals surface area contributed by atoms with E-state index >= 15 is 0 Å². The molecule has 0 aliphatic rings. The van der Waals surface area contributed by atoms with Crippen molar-refractivity contribution in [2.24, 2.45) is 0 Å². The van der Waals surface area contributed by atoms with Gasteiger partial charge in [0.2, 0.25) is 0 Å². The normalized spacial score (nSPS) is 13.1. The second kappa shape index (κ2) is 11.2. The topological polar surface area (TPSA) is 117 Å². The summed E-state index contributed by atoms with van der Waals surface area (Å²) in [6.07, 6.45) is 5.87. The molecule has 1 rings (SSSR count). The van der Waals surface area contributed by atoms with Crippen LogP contribution in [0.1, 0.15) is 52.3 Å². The van der Waals surface area contributed by atoms with Crippen LogP contribution < -0.4 is 4.68 Å². The Labute approximate surface area is 170 Å². The predicted octanol–water partition coefficient (Wildman–Crippen LogP) is 2.79. The summed E-state index contributed by atoms with van der Waals surface area (Å²) in [5.74, 6) is 1.15. The van der Waals surface area contributed by atoms with Crippen LogP contribution in [0.4, 0.5) is 26.3 Å². The number of nitrogens with zero attached hydrogens (tertiary/aromatic N) is 5. The molecule has 17 heteroatoms. The number of aryl methyl sites for hydroxylation is 3. The molecule has 0 fully saturated rings. The van der Waals surface area contributed by atoms with Crippen molar-refractivity contribution in [3.63, 3.8) is 0 Å². The largest absolute Gasteiger partial charge is 0.480 e. The van der Waals surface area contributed by atoms with E-state index in [9.17, 15) is 43.2 Å². The van der Waals surface area contributed by atoms with Gasteiger partial charge in [0.05, 0.1) is 16.9 Å². The summed E-state index contributed by atoms with van der Waals surface area (Å²) in [7, 11) is -13.4. The van der Waals surface area contributed by atoms with Crippen LogP contribution in [0.2, 0.25) is 0 Å². The Morgan fingerprint density at radius 1 is 0.900 bits per heavy atom. The highest BCUT2D eigenvalue weighted by Gasteiger charge is 2.46. The van der Waals surface area contributed by atoms with Crippen LogP contribution in [0.3, 0.4) is 0 Å². The van der Waals surface area contributed by atoms with Crippen LogP contribution in [0.15, 0.2) is 0 Å². The highest BCUT2D eigenvalue weighted by atomic mass is 32.3. The Morgan fingerprint density at radius 3 is 1.73 bits per heavy atom. The first-order valence-electron chi connectivity index (χ1n) is 8.73. The molecule has 0 atom stereocenters. The first-order chi connectivity index (χ1) is 13.5. The Morgan fingerprint density at radius 2 is 1.37 bits per heavy atom. The average molecular weight is 491 g/mol. The minimum absolute atomic E-state index is 0.778. The van der Waals surface area contributed by atoms with Crippen LogP contribution in [0.25, 0.3) is 4.13 Å². The van der Waals surface area contributed by atoms with E-state index in [-0.39, 0.29) is 0 Å². The smallest absolute Gasteiger partial charge is 0.421 e. The minimum Gasteiger partial charge on any atom is -0.421 e. The number of aromatic nitrogens is 4. The van der Waals surface area contributed by atoms with Crippen molar-refractivity contribution in [2.75, 3.05) is 0 Å². The maximum atomic E-state index is 11.4. The van der Waals surface area contributed by atoms with Crippen LogP contribution in [-0.2, 0) is 39.6 Å². The van der Waals surface area contributed by atoms with Gasteiger partial charge in [0.25, 0.3) is 5.82 Å². The van der Waals surface area contributed by atoms with E-state index in [1.54, 1.807) is 4.80 Å². The lowest BCUT2D eigenvalue weighted by molar-refractivity contribution is -0.762. The lowest BCUT2D eigenvalue weighted by atomic mass is 10.2. The fourth-order valence-corrected chi connectivity index (χ4v) is 3.43. The molecule has 1 heterocycles. The number of hydrogen-bond donors (Lipinski definition) is 0. The Bertz CT molecular complexity index is 798. The standard InChI is InChI=1S/C11H23N4.C2F6NO4S2/c1-4-7-9-11-12-15(6-3)13-14(11)10-8-5-2;3-1(4,5)14(10,11)9-15(12,13)2(6,7)8/h4-10H2,1-3H3;/q+1;-1. The molecule has 1 aromatic heterocycles. The molecule has 0 spiro atoms. The molecule has 178 valence electrons. The van der Waals surface area contributed by atoms with Gasteiger partial charge in [-0.2, -0.15) is 26.3 Å². The van der Waals surface area contributed by atoms with E-state index in [0.29, 0.717) is 0 Å². The summed E-state index contributed by atoms with van der Waals surface area (Å²) in [5.41, 5.74) is -12.4. The predicted molar refractivity (Wildman–Crippen MR) is 92.7 cm³/mol. The van der Waals surface area contributed by atoms with Gasteiger partial charge in [-0.25, -0.2) is 16.8 Å². The lowest BCUT2D eigenvalue weighted by Gasteiger charge is -2.22. The van der Waals surface area contributed by atoms with Gasteiger partial charge in [0.1, 0.15) is 6.54 Å². The summed E-state index contributed by atoms with van der Waals surface area (Å²) in [6.45, 7) is 8.36. The van der Waals surface area contributed by atoms with Gasteiger partial charge in [-0.15, -0.1) is 4.68 Å². The Kier molecular flexibility index (Phi) is 10.7. The van der Waals surface area contributed by atoms with Gasteiger partial charge in [0, 0.05) is 6.42 Å². The molecule has 0 aliphatic heterocycles. The molecule has 0 saturated heterocycles. The average Bonchev–Trinajstić information content (AvgIpc) is 2.98. The number of hydrogen-bond acceptors (Lipinski definition) is 6. The summed E-state index contributed by atoms with van der Waals surface area (Å²) >= 11 is 0. The maximum absolute atomic E-state index is 11.4. The maximum Gasteiger partial charge on any atom is 0.480 e. The van der Waals surface area contributed by atoms with Gasteiger partial charge in [-0.1, -0.05) is 26.7 Å². The third-order valence-corrected chi connectivity index (χ3v) is 6.02. The van der Waals surface area contributed by atoms with Gasteiger partial charge < -0.3 is 4.13 Å². The second-order valence-electron chi connectivity index (χ2n) is 5.79. The van der Waals surface area contributed by atoms with Gasteiger partial charge in [0.15, 0.2) is 20.0 Å². The number of sulfonamides is 2. The number of alkyl halides is 6. The third kappa shape index (κ3) is 8.71. The van der Waals surface area contributed by atoms with Crippen LogP contribution in [0.5, 0.6) is 0 Å². The zero-order valence-electron chi connectivity index (χ0n) is 16.4. The summed E-state index contributed by atoms with van der Waals surface area (Å²) in [5, 5.41) is 8.93. The monoisotopic (exact) mass is 491 g/mol. The van der Waals surface area contributed by atoms with Crippen molar-refractivity contribution in [3.8, 4) is 0 Å². The Hall–Kier alpha value is -1.49. The molecule has 0 unspecified atom stereocenters. The Balaban J connectivity index is 0.000000561. The number of rotatable bonds is 9. The van der Waals surface area contributed by atoms with E-state index < -0.39 is 31.1 Å². The van der Waals surface area contributed by atoms with E-state index in [1.165, 1.54) is 25.7 Å². The molecule has 0 aromatic carbocycles. The van der Waals surface area contributed by atoms with Crippen molar-refractivity contribution in [2.45, 2.75) is 77.0 Å². The molecule has 0 N–H and O–H groups in total. The second-order valence-corrected chi connectivity index (χ2v) is 9.21. The number of tetrazole rings is 1. The zero-order valence-corrected chi connectivity index (χ0v) is 18.0. The first kappa shape index (κ1) is 28.5. The van der Waals surface area contributed by atoms with Crippen LogP contribution in [-0.4, -0.2) is 43.0 Å². The van der Waals surface area contributed by atoms with Crippen molar-refractivity contribution in [1.29, 1.82) is 0 Å². The molecule has 0 bridgehead atoms. The van der Waals surface area contributed by atoms with E-state index in [2.05, 4.69) is 35.8 Å². The van der Waals surface area contributed by atoms with E-state index in [0.717, 1.165) is 29.5 Å². The number of unbranched alkanes of at least 4 members (excludes halogenated alkanes) is 2. The molecule has 0 aliphatic carbocycles. The van der Waals surface area contributed by atoms with Crippen molar-refractivity contribution in [3.05, 3.63) is 9.95 Å². The third-order valence-electron chi connectivity index (χ3n) is 3.28. The summed E-state index contributed by atoms with van der Waals surface area (Å²) < 4.78 is 111. The number of halogens is 6. The molecular weight excluding hydrogens is 468 g/mol. The van der Waals surface area contributed by atoms with Crippen molar-refractivity contribution in [1.82, 2.24) is 15.1 Å². The highest BCUT2D eigenvalue weighted by molar-refractivity contribution is 8.13. The molecular formula is C13H23F6N5O4S2. The van der Waals surface area contributed by atoms with E-state index in [1.807, 2.05) is 0 Å². The van der Waals surface area contributed by atoms with Gasteiger partial charge >= 0.3 is 11.0 Å². The fraction of sp³-hybridized carbons (Fsp3) is 0.923. The minimum atomic E-state index is -6.72. The van der Waals surface area contributed by atoms with Crippen LogP contribution in [0, 0.1) is 0 Å². The molecule has 0 radical (unpaired) electrons. The van der Waals surface area contributed by atoms with Gasteiger partial charge in [-0.3, -0.25) is 0 Å². The fourth-order valence-electron chi connectivity index (χ4n) is 1.72. The quantitative estimate of drug-likeness (QED) is 0.387. The van der Waals surface area contributed by atoms with Crippen molar-refractivity contribution >= 4 is 20.0 Å². The lowest BCUT2D eigenvalue weighted by Crippen LogP contribution is -2.40. The highest BCUT2D eigenvalue weighted by Crippen LogP contribution is 2.36. The summed E-state index contributed by atoms with van der Waals surface area (Å²) in [6, 6.07) is 0. The molecule has 1 aromatic rings. The zero-order chi connectivity index (χ0) is 23.8. The van der Waals surface area contributed by atoms with Crippen LogP contribution >= 0.6 is 0 Å². The first-order valence-corrected chi connectivity index (χ1v) is 11.6. The molecule has 0 saturated carbocycles. The van der Waals surface area contributed by atoms with Gasteiger partial charge in [-0.05, 0) is 24.6 Å². The summed E-state index contributed by atoms with van der Waals surface area (Å²) in [4.78, 5) is 1.79. The molecule has 0 amide bonds. The van der Waals surface area contributed by atoms with Crippen molar-refractivity contribution < 1.29 is 47.9 Å². The van der Waals surface area contributed by atoms with E-state index in [4.69, 9.17) is 0 Å². The SMILES string of the molecule is CCCCc1nn(CC)n[n+]1CCCC.O=S(=O)([N-]S(=O)(=O)C(F)(F)F)C(F)(F)F. The molecule has 30 heavy (non-hydrogen) atoms. The molecule has 9 nitrogen and oxygen atoms in total.